The fourth-order valence-electron chi connectivity index (χ4n) is 2.25. The van der Waals surface area contributed by atoms with Gasteiger partial charge in [0.25, 0.3) is 0 Å². The van der Waals surface area contributed by atoms with Crippen molar-refractivity contribution in [1.29, 1.82) is 0 Å². The van der Waals surface area contributed by atoms with Gasteiger partial charge in [-0.15, -0.1) is 0 Å². The first-order valence-electron chi connectivity index (χ1n) is 5.93. The Hall–Kier alpha value is -2.62. The molecule has 0 amide bonds. The van der Waals surface area contributed by atoms with E-state index in [1.807, 2.05) is 41.8 Å². The molecule has 2 aromatic heterocycles. The van der Waals surface area contributed by atoms with Crippen molar-refractivity contribution in [3.8, 4) is 11.3 Å². The van der Waals surface area contributed by atoms with E-state index in [0.29, 0.717) is 5.56 Å². The summed E-state index contributed by atoms with van der Waals surface area (Å²) >= 11 is 0. The van der Waals surface area contributed by atoms with Gasteiger partial charge in [0.15, 0.2) is 0 Å². The quantitative estimate of drug-likeness (QED) is 0.762. The Morgan fingerprint density at radius 1 is 1.26 bits per heavy atom. The number of imidazole rings is 1. The monoisotopic (exact) mass is 252 g/mol. The summed E-state index contributed by atoms with van der Waals surface area (Å²) in [7, 11) is 0. The van der Waals surface area contributed by atoms with Crippen molar-refractivity contribution < 1.29 is 9.90 Å². The molecule has 3 rings (SSSR count). The molecule has 4 heteroatoms. The molecular formula is C15H12N2O2. The molecule has 0 unspecified atom stereocenters. The number of carbonyl (C=O) groups is 1. The lowest BCUT2D eigenvalue weighted by Gasteiger charge is -2.09. The van der Waals surface area contributed by atoms with Gasteiger partial charge in [0, 0.05) is 18.0 Å². The first-order valence-corrected chi connectivity index (χ1v) is 5.93. The van der Waals surface area contributed by atoms with Gasteiger partial charge in [0.05, 0.1) is 11.3 Å². The highest BCUT2D eigenvalue weighted by atomic mass is 16.4. The number of fused-ring (bicyclic) bond motifs is 1. The van der Waals surface area contributed by atoms with E-state index >= 15 is 0 Å². The second kappa shape index (κ2) is 4.24. The summed E-state index contributed by atoms with van der Waals surface area (Å²) in [5, 5.41) is 8.99. The minimum absolute atomic E-state index is 0.305. The number of nitrogens with zero attached hydrogens (tertiary/aromatic N) is 2. The van der Waals surface area contributed by atoms with Crippen molar-refractivity contribution in [1.82, 2.24) is 9.38 Å². The highest BCUT2D eigenvalue weighted by molar-refractivity contribution is 5.89. The second-order valence-corrected chi connectivity index (χ2v) is 4.40. The number of hydrogen-bond acceptors (Lipinski definition) is 2. The lowest BCUT2D eigenvalue weighted by molar-refractivity contribution is 0.0697. The van der Waals surface area contributed by atoms with Gasteiger partial charge in [0.1, 0.15) is 5.65 Å². The van der Waals surface area contributed by atoms with E-state index in [9.17, 15) is 4.79 Å². The molecule has 0 saturated carbocycles. The largest absolute Gasteiger partial charge is 0.478 e. The molecule has 19 heavy (non-hydrogen) atoms. The summed E-state index contributed by atoms with van der Waals surface area (Å²) in [6.45, 7) is 1.91. The lowest BCUT2D eigenvalue weighted by atomic mass is 10.0. The minimum atomic E-state index is -0.907. The number of rotatable bonds is 2. The number of aryl methyl sites for hydroxylation is 1. The fraction of sp³-hybridized carbons (Fsp3) is 0.0667. The van der Waals surface area contributed by atoms with Gasteiger partial charge in [0.2, 0.25) is 0 Å². The summed E-state index contributed by atoms with van der Waals surface area (Å²) in [5.41, 5.74) is 4.12. The van der Waals surface area contributed by atoms with Gasteiger partial charge in [-0.25, -0.2) is 9.78 Å². The van der Waals surface area contributed by atoms with Crippen molar-refractivity contribution in [3.63, 3.8) is 0 Å². The summed E-state index contributed by atoms with van der Waals surface area (Å²) < 4.78 is 1.99. The van der Waals surface area contributed by atoms with Crippen LogP contribution in [0.3, 0.4) is 0 Å². The number of benzene rings is 1. The molecule has 0 spiro atoms. The van der Waals surface area contributed by atoms with E-state index in [1.54, 1.807) is 18.3 Å². The summed E-state index contributed by atoms with van der Waals surface area (Å²) in [5.74, 6) is -0.907. The molecule has 0 saturated heterocycles. The zero-order valence-corrected chi connectivity index (χ0v) is 10.4. The van der Waals surface area contributed by atoms with Gasteiger partial charge in [-0.05, 0) is 36.8 Å². The van der Waals surface area contributed by atoms with Crippen molar-refractivity contribution in [2.75, 3.05) is 0 Å². The van der Waals surface area contributed by atoms with Gasteiger partial charge in [-0.1, -0.05) is 12.1 Å². The maximum Gasteiger partial charge on any atom is 0.335 e. The van der Waals surface area contributed by atoms with Crippen molar-refractivity contribution in [3.05, 3.63) is 59.9 Å². The Labute approximate surface area is 110 Å². The molecule has 0 fully saturated rings. The average Bonchev–Trinajstić information content (AvgIpc) is 2.86. The molecule has 0 radical (unpaired) electrons. The Morgan fingerprint density at radius 2 is 2.11 bits per heavy atom. The summed E-state index contributed by atoms with van der Waals surface area (Å²) in [4.78, 5) is 15.2. The van der Waals surface area contributed by atoms with E-state index in [-0.39, 0.29) is 0 Å². The molecule has 1 N–H and O–H groups in total. The van der Waals surface area contributed by atoms with Gasteiger partial charge in [-0.2, -0.15) is 0 Å². The van der Waals surface area contributed by atoms with Gasteiger partial charge < -0.3 is 5.11 Å². The molecule has 0 atom stereocenters. The van der Waals surface area contributed by atoms with E-state index in [1.165, 1.54) is 0 Å². The smallest absolute Gasteiger partial charge is 0.335 e. The van der Waals surface area contributed by atoms with E-state index < -0.39 is 5.97 Å². The molecular weight excluding hydrogens is 240 g/mol. The van der Waals surface area contributed by atoms with Crippen LogP contribution in [0, 0.1) is 6.92 Å². The fourth-order valence-corrected chi connectivity index (χ4v) is 2.25. The third-order valence-corrected chi connectivity index (χ3v) is 3.18. The molecule has 0 aliphatic rings. The predicted octanol–water partition coefficient (Wildman–Crippen LogP) is 3.01. The highest BCUT2D eigenvalue weighted by Crippen LogP contribution is 2.25. The van der Waals surface area contributed by atoms with Crippen LogP contribution in [0.15, 0.2) is 48.8 Å². The highest BCUT2D eigenvalue weighted by Gasteiger charge is 2.09. The number of aromatic nitrogens is 2. The third-order valence-electron chi connectivity index (χ3n) is 3.18. The topological polar surface area (TPSA) is 54.6 Å². The first-order chi connectivity index (χ1) is 9.16. The number of pyridine rings is 1. The molecule has 4 nitrogen and oxygen atoms in total. The van der Waals surface area contributed by atoms with Crippen LogP contribution in [-0.4, -0.2) is 20.5 Å². The van der Waals surface area contributed by atoms with Crippen LogP contribution in [-0.2, 0) is 0 Å². The van der Waals surface area contributed by atoms with Crippen LogP contribution < -0.4 is 0 Å². The Bertz CT molecular complexity index is 775. The zero-order valence-electron chi connectivity index (χ0n) is 10.4. The minimum Gasteiger partial charge on any atom is -0.478 e. The van der Waals surface area contributed by atoms with Crippen LogP contribution in [0.25, 0.3) is 16.9 Å². The first kappa shape index (κ1) is 11.5. The zero-order chi connectivity index (χ0) is 13.4. The third kappa shape index (κ3) is 1.87. The Morgan fingerprint density at radius 3 is 2.84 bits per heavy atom. The summed E-state index contributed by atoms with van der Waals surface area (Å²) in [6.07, 6.45) is 3.65. The maximum absolute atomic E-state index is 11.0. The van der Waals surface area contributed by atoms with Crippen LogP contribution in [0.2, 0.25) is 0 Å². The van der Waals surface area contributed by atoms with Crippen molar-refractivity contribution in [2.24, 2.45) is 0 Å². The Balaban J connectivity index is 2.22. The number of hydrogen-bond donors (Lipinski definition) is 1. The van der Waals surface area contributed by atoms with Crippen LogP contribution in [0.5, 0.6) is 0 Å². The lowest BCUT2D eigenvalue weighted by Crippen LogP contribution is -1.98. The van der Waals surface area contributed by atoms with Gasteiger partial charge in [-0.3, -0.25) is 4.40 Å². The van der Waals surface area contributed by atoms with Crippen LogP contribution in [0.4, 0.5) is 0 Å². The van der Waals surface area contributed by atoms with Crippen molar-refractivity contribution >= 4 is 11.6 Å². The molecule has 0 aliphatic carbocycles. The predicted molar refractivity (Wildman–Crippen MR) is 72.3 cm³/mol. The van der Waals surface area contributed by atoms with Crippen LogP contribution >= 0.6 is 0 Å². The van der Waals surface area contributed by atoms with E-state index in [2.05, 4.69) is 4.98 Å². The number of carboxylic acid groups (broad SMARTS) is 1. The van der Waals surface area contributed by atoms with Gasteiger partial charge >= 0.3 is 5.97 Å². The number of aromatic carboxylic acids is 1. The molecule has 3 aromatic rings. The molecule has 2 heterocycles. The molecule has 94 valence electrons. The SMILES string of the molecule is Cc1cc(C(=O)O)ccc1-c1cccc2nccn12. The van der Waals surface area contributed by atoms with Crippen LogP contribution in [0.1, 0.15) is 15.9 Å². The average molecular weight is 252 g/mol. The van der Waals surface area contributed by atoms with E-state index in [4.69, 9.17) is 5.11 Å². The standard InChI is InChI=1S/C15H12N2O2/c1-10-9-11(15(18)19)5-6-12(10)13-3-2-4-14-16-7-8-17(13)14/h2-9H,1H3,(H,18,19). The Kier molecular flexibility index (Phi) is 2.56. The number of carboxylic acids is 1. The van der Waals surface area contributed by atoms with Crippen molar-refractivity contribution in [2.45, 2.75) is 6.92 Å². The maximum atomic E-state index is 11.0. The molecule has 1 aromatic carbocycles. The molecule has 0 bridgehead atoms. The second-order valence-electron chi connectivity index (χ2n) is 4.40. The normalized spacial score (nSPS) is 10.8. The molecule has 0 aliphatic heterocycles. The van der Waals surface area contributed by atoms with E-state index in [0.717, 1.165) is 22.5 Å². The summed E-state index contributed by atoms with van der Waals surface area (Å²) in [6, 6.07) is 11.0.